The van der Waals surface area contributed by atoms with Crippen LogP contribution in [0, 0.1) is 13.8 Å². The SMILES string of the molecule is Cc1ccc(-c2ccc(-c3nc4c(ccc5cc(S(=O)(=O)O)cc(O)c54)[nH]3)c(O)c2)cc1C.Cl. The van der Waals surface area contributed by atoms with Crippen molar-refractivity contribution in [1.82, 2.24) is 9.97 Å². The summed E-state index contributed by atoms with van der Waals surface area (Å²) in [6.45, 7) is 4.09. The number of hydrogen-bond donors (Lipinski definition) is 4. The van der Waals surface area contributed by atoms with Crippen LogP contribution in [-0.2, 0) is 10.1 Å². The van der Waals surface area contributed by atoms with Crippen molar-refractivity contribution in [3.05, 3.63) is 71.8 Å². The molecule has 0 atom stereocenters. The van der Waals surface area contributed by atoms with Crippen molar-refractivity contribution in [1.29, 1.82) is 0 Å². The molecule has 0 amide bonds. The number of imidazole rings is 1. The van der Waals surface area contributed by atoms with Crippen molar-refractivity contribution in [3.8, 4) is 34.0 Å². The molecular weight excluding hydrogens is 476 g/mol. The maximum Gasteiger partial charge on any atom is 0.294 e. The lowest BCUT2D eigenvalue weighted by Gasteiger charge is -2.08. The second kappa shape index (κ2) is 8.32. The van der Waals surface area contributed by atoms with Gasteiger partial charge in [0, 0.05) is 6.07 Å². The number of aromatic nitrogens is 2. The number of aryl methyl sites for hydroxylation is 2. The summed E-state index contributed by atoms with van der Waals surface area (Å²) in [6.07, 6.45) is 0. The first-order chi connectivity index (χ1) is 15.6. The second-order valence-electron chi connectivity index (χ2n) is 8.09. The van der Waals surface area contributed by atoms with E-state index in [2.05, 4.69) is 16.0 Å². The molecule has 4 N–H and O–H groups in total. The fourth-order valence-electron chi connectivity index (χ4n) is 3.99. The highest BCUT2D eigenvalue weighted by atomic mass is 35.5. The van der Waals surface area contributed by atoms with Crippen LogP contribution in [0.2, 0.25) is 0 Å². The van der Waals surface area contributed by atoms with E-state index in [1.807, 2.05) is 32.0 Å². The lowest BCUT2D eigenvalue weighted by Crippen LogP contribution is -1.97. The number of H-pyrrole nitrogens is 1. The van der Waals surface area contributed by atoms with E-state index >= 15 is 0 Å². The zero-order valence-electron chi connectivity index (χ0n) is 18.2. The molecule has 0 saturated heterocycles. The standard InChI is InChI=1S/C25H20N2O5S.ClH/c1-13-3-4-15(9-14(13)2)16-5-7-19(21(28)11-16)25-26-20-8-6-17-10-18(33(30,31)32)12-22(29)23(17)24(20)27-25;/h3-12,28-29H,1-2H3,(H,26,27)(H,30,31,32);1H. The maximum atomic E-state index is 11.5. The van der Waals surface area contributed by atoms with Crippen LogP contribution < -0.4 is 0 Å². The Morgan fingerprint density at radius 1 is 0.824 bits per heavy atom. The first kappa shape index (κ1) is 23.6. The van der Waals surface area contributed by atoms with E-state index in [9.17, 15) is 23.2 Å². The third kappa shape index (κ3) is 3.96. The van der Waals surface area contributed by atoms with E-state index in [-0.39, 0.29) is 23.9 Å². The second-order valence-corrected chi connectivity index (χ2v) is 9.52. The summed E-state index contributed by atoms with van der Waals surface area (Å²) in [6, 6.07) is 17.1. The van der Waals surface area contributed by atoms with Gasteiger partial charge in [-0.1, -0.05) is 30.3 Å². The van der Waals surface area contributed by atoms with E-state index in [1.54, 1.807) is 24.3 Å². The summed E-state index contributed by atoms with van der Waals surface area (Å²) in [4.78, 5) is 7.31. The lowest BCUT2D eigenvalue weighted by molar-refractivity contribution is 0.471. The fraction of sp³-hybridized carbons (Fsp3) is 0.0800. The zero-order valence-corrected chi connectivity index (χ0v) is 19.8. The molecule has 0 aliphatic carbocycles. The predicted octanol–water partition coefficient (Wildman–Crippen LogP) is 5.75. The van der Waals surface area contributed by atoms with Crippen molar-refractivity contribution in [2.24, 2.45) is 0 Å². The average molecular weight is 497 g/mol. The molecular formula is C25H21ClN2O5S. The third-order valence-electron chi connectivity index (χ3n) is 5.91. The molecule has 5 rings (SSSR count). The number of fused-ring (bicyclic) bond motifs is 3. The number of phenolic OH excluding ortho intramolecular Hbond substituents is 2. The van der Waals surface area contributed by atoms with Crippen LogP contribution in [-0.4, -0.2) is 33.2 Å². The van der Waals surface area contributed by atoms with Crippen molar-refractivity contribution in [2.45, 2.75) is 18.7 Å². The van der Waals surface area contributed by atoms with Gasteiger partial charge in [0.25, 0.3) is 10.1 Å². The Morgan fingerprint density at radius 3 is 2.21 bits per heavy atom. The smallest absolute Gasteiger partial charge is 0.294 e. The molecule has 1 heterocycles. The summed E-state index contributed by atoms with van der Waals surface area (Å²) in [5.41, 5.74) is 5.73. The Morgan fingerprint density at radius 2 is 1.53 bits per heavy atom. The number of nitrogens with zero attached hydrogens (tertiary/aromatic N) is 1. The van der Waals surface area contributed by atoms with E-state index in [0.29, 0.717) is 33.2 Å². The molecule has 0 unspecified atom stereocenters. The number of aromatic amines is 1. The van der Waals surface area contributed by atoms with E-state index in [4.69, 9.17) is 0 Å². The molecule has 0 aliphatic rings. The van der Waals surface area contributed by atoms with Gasteiger partial charge in [-0.3, -0.25) is 4.55 Å². The summed E-state index contributed by atoms with van der Waals surface area (Å²) >= 11 is 0. The first-order valence-electron chi connectivity index (χ1n) is 10.2. The highest BCUT2D eigenvalue weighted by Crippen LogP contribution is 2.37. The minimum atomic E-state index is -4.47. The summed E-state index contributed by atoms with van der Waals surface area (Å²) < 4.78 is 32.3. The molecule has 0 spiro atoms. The highest BCUT2D eigenvalue weighted by molar-refractivity contribution is 7.85. The van der Waals surface area contributed by atoms with Crippen LogP contribution in [0.3, 0.4) is 0 Å². The zero-order chi connectivity index (χ0) is 23.5. The Labute approximate surface area is 201 Å². The Bertz CT molecular complexity index is 1690. The van der Waals surface area contributed by atoms with Gasteiger partial charge in [-0.15, -0.1) is 12.4 Å². The lowest BCUT2D eigenvalue weighted by atomic mass is 9.99. The van der Waals surface area contributed by atoms with Crippen LogP contribution in [0.5, 0.6) is 11.5 Å². The third-order valence-corrected chi connectivity index (χ3v) is 6.74. The molecule has 0 radical (unpaired) electrons. The van der Waals surface area contributed by atoms with E-state index in [0.717, 1.165) is 22.8 Å². The monoisotopic (exact) mass is 496 g/mol. The van der Waals surface area contributed by atoms with Crippen LogP contribution in [0.4, 0.5) is 0 Å². The summed E-state index contributed by atoms with van der Waals surface area (Å²) in [7, 11) is -4.47. The predicted molar refractivity (Wildman–Crippen MR) is 134 cm³/mol. The topological polar surface area (TPSA) is 124 Å². The first-order valence-corrected chi connectivity index (χ1v) is 11.6. The van der Waals surface area contributed by atoms with Crippen molar-refractivity contribution < 1.29 is 23.2 Å². The van der Waals surface area contributed by atoms with Crippen molar-refractivity contribution >= 4 is 44.3 Å². The van der Waals surface area contributed by atoms with Crippen LogP contribution in [0.15, 0.2) is 65.6 Å². The molecule has 9 heteroatoms. The Hall–Kier alpha value is -3.59. The van der Waals surface area contributed by atoms with Gasteiger partial charge in [-0.25, -0.2) is 4.98 Å². The fourth-order valence-corrected chi connectivity index (χ4v) is 4.53. The van der Waals surface area contributed by atoms with Crippen LogP contribution in [0.1, 0.15) is 11.1 Å². The number of phenols is 2. The van der Waals surface area contributed by atoms with Gasteiger partial charge >= 0.3 is 0 Å². The quantitative estimate of drug-likeness (QED) is 0.236. The van der Waals surface area contributed by atoms with E-state index in [1.165, 1.54) is 11.6 Å². The molecule has 4 aromatic carbocycles. The minimum absolute atomic E-state index is 0. The molecule has 0 fully saturated rings. The van der Waals surface area contributed by atoms with Crippen LogP contribution >= 0.6 is 12.4 Å². The molecule has 1 aromatic heterocycles. The normalized spacial score (nSPS) is 11.6. The van der Waals surface area contributed by atoms with Gasteiger partial charge in [0.2, 0.25) is 0 Å². The molecule has 0 saturated carbocycles. The van der Waals surface area contributed by atoms with Gasteiger partial charge < -0.3 is 15.2 Å². The average Bonchev–Trinajstić information content (AvgIpc) is 3.18. The summed E-state index contributed by atoms with van der Waals surface area (Å²) in [5.74, 6) is 0.130. The Balaban J connectivity index is 0.00000274. The Kier molecular flexibility index (Phi) is 5.77. The van der Waals surface area contributed by atoms with E-state index < -0.39 is 15.0 Å². The van der Waals surface area contributed by atoms with Gasteiger partial charge in [0.15, 0.2) is 0 Å². The van der Waals surface area contributed by atoms with Crippen LogP contribution in [0.25, 0.3) is 44.3 Å². The number of halogens is 1. The minimum Gasteiger partial charge on any atom is -0.507 e. The van der Waals surface area contributed by atoms with Crippen molar-refractivity contribution in [2.75, 3.05) is 0 Å². The number of nitrogens with one attached hydrogen (secondary N) is 1. The van der Waals surface area contributed by atoms with Crippen molar-refractivity contribution in [3.63, 3.8) is 0 Å². The molecule has 0 aliphatic heterocycles. The largest absolute Gasteiger partial charge is 0.507 e. The van der Waals surface area contributed by atoms with Gasteiger partial charge in [-0.05, 0) is 65.8 Å². The molecule has 5 aromatic rings. The molecule has 7 nitrogen and oxygen atoms in total. The maximum absolute atomic E-state index is 11.5. The van der Waals surface area contributed by atoms with Gasteiger partial charge in [0.1, 0.15) is 22.8 Å². The molecule has 0 bridgehead atoms. The summed E-state index contributed by atoms with van der Waals surface area (Å²) in [5, 5.41) is 22.0. The van der Waals surface area contributed by atoms with Gasteiger partial charge in [-0.2, -0.15) is 8.42 Å². The number of benzene rings is 4. The molecule has 174 valence electrons. The van der Waals surface area contributed by atoms with Gasteiger partial charge in [0.05, 0.1) is 21.4 Å². The number of aromatic hydroxyl groups is 2. The number of rotatable bonds is 3. The highest BCUT2D eigenvalue weighted by Gasteiger charge is 2.18. The number of hydrogen-bond acceptors (Lipinski definition) is 5. The molecule has 34 heavy (non-hydrogen) atoms.